The van der Waals surface area contributed by atoms with Crippen LogP contribution in [0.25, 0.3) is 0 Å². The first-order chi connectivity index (χ1) is 12.3. The Morgan fingerprint density at radius 1 is 0.680 bits per heavy atom. The van der Waals surface area contributed by atoms with Gasteiger partial charge in [-0.25, -0.2) is 0 Å². The average molecular weight is 330 g/mol. The molecule has 2 rings (SSSR count). The molecule has 1 nitrogen and oxygen atoms in total. The van der Waals surface area contributed by atoms with Crippen molar-refractivity contribution in [2.24, 2.45) is 0 Å². The fourth-order valence-electron chi connectivity index (χ4n) is 2.44. The number of hydrogen-bond acceptors (Lipinski definition) is 1. The molecule has 1 heteroatoms. The van der Waals surface area contributed by atoms with Gasteiger partial charge in [0.05, 0.1) is 7.11 Å². The van der Waals surface area contributed by atoms with Crippen LogP contribution in [0.3, 0.4) is 0 Å². The van der Waals surface area contributed by atoms with E-state index in [2.05, 4.69) is 30.6 Å². The smallest absolute Gasteiger partial charge is 0.118 e. The molecule has 0 aliphatic heterocycles. The number of hydrogen-bond donors (Lipinski definition) is 0. The Morgan fingerprint density at radius 3 is 1.76 bits per heavy atom. The molecule has 0 unspecified atom stereocenters. The molecule has 0 saturated heterocycles. The van der Waals surface area contributed by atoms with E-state index in [0.29, 0.717) is 0 Å². The van der Waals surface area contributed by atoms with Gasteiger partial charge < -0.3 is 4.74 Å². The Morgan fingerprint density at radius 2 is 1.20 bits per heavy atom. The standard InChI is InChI=1S/C24H26O/c1-3-4-5-6-7-8-9-10-21-11-13-22(14-12-21)15-16-23-17-19-24(25-2)20-18-23/h11-14,17-20H,3-8H2,1-2H3. The van der Waals surface area contributed by atoms with Crippen LogP contribution in [0.1, 0.15) is 62.1 Å². The van der Waals surface area contributed by atoms with E-state index in [-0.39, 0.29) is 0 Å². The lowest BCUT2D eigenvalue weighted by molar-refractivity contribution is 0.415. The lowest BCUT2D eigenvalue weighted by Gasteiger charge is -1.97. The molecule has 2 aromatic carbocycles. The first kappa shape index (κ1) is 18.7. The van der Waals surface area contributed by atoms with Crippen molar-refractivity contribution in [2.75, 3.05) is 7.11 Å². The second kappa shape index (κ2) is 11.0. The lowest BCUT2D eigenvalue weighted by Crippen LogP contribution is -1.82. The van der Waals surface area contributed by atoms with E-state index < -0.39 is 0 Å². The second-order valence-corrected chi connectivity index (χ2v) is 6.02. The molecule has 0 aromatic heterocycles. The van der Waals surface area contributed by atoms with Gasteiger partial charge in [-0.1, -0.05) is 56.3 Å². The Hall–Kier alpha value is -2.64. The van der Waals surface area contributed by atoms with Crippen LogP contribution in [-0.2, 0) is 0 Å². The Balaban J connectivity index is 1.85. The van der Waals surface area contributed by atoms with E-state index >= 15 is 0 Å². The topological polar surface area (TPSA) is 9.23 Å². The first-order valence-electron chi connectivity index (χ1n) is 9.07. The molecule has 0 atom stereocenters. The van der Waals surface area contributed by atoms with E-state index in [1.54, 1.807) is 7.11 Å². The van der Waals surface area contributed by atoms with Gasteiger partial charge in [0.1, 0.15) is 5.75 Å². The number of benzene rings is 2. The van der Waals surface area contributed by atoms with Gasteiger partial charge in [-0.2, -0.15) is 0 Å². The van der Waals surface area contributed by atoms with Crippen LogP contribution >= 0.6 is 0 Å². The summed E-state index contributed by atoms with van der Waals surface area (Å²) in [7, 11) is 1.66. The summed E-state index contributed by atoms with van der Waals surface area (Å²) in [5, 5.41) is 0. The van der Waals surface area contributed by atoms with Crippen LogP contribution in [0, 0.1) is 23.7 Å². The zero-order valence-electron chi connectivity index (χ0n) is 15.3. The molecule has 0 aliphatic carbocycles. The predicted molar refractivity (Wildman–Crippen MR) is 106 cm³/mol. The largest absolute Gasteiger partial charge is 0.497 e. The minimum atomic E-state index is 0.846. The van der Waals surface area contributed by atoms with E-state index in [4.69, 9.17) is 4.74 Å². The van der Waals surface area contributed by atoms with Crippen LogP contribution in [0.5, 0.6) is 5.75 Å². The summed E-state index contributed by atoms with van der Waals surface area (Å²) in [6, 6.07) is 15.9. The van der Waals surface area contributed by atoms with Gasteiger partial charge in [0, 0.05) is 23.1 Å². The maximum absolute atomic E-state index is 5.15. The molecule has 128 valence electrons. The van der Waals surface area contributed by atoms with Gasteiger partial charge in [-0.05, 0) is 55.0 Å². The number of rotatable bonds is 6. The molecular weight excluding hydrogens is 304 g/mol. The first-order valence-corrected chi connectivity index (χ1v) is 9.07. The Labute approximate surface area is 152 Å². The minimum absolute atomic E-state index is 0.846. The summed E-state index contributed by atoms with van der Waals surface area (Å²) < 4.78 is 5.15. The van der Waals surface area contributed by atoms with E-state index in [0.717, 1.165) is 28.9 Å². The third-order valence-electron chi connectivity index (χ3n) is 3.96. The highest BCUT2D eigenvalue weighted by atomic mass is 16.5. The SMILES string of the molecule is CCCCCCCC#Cc1ccc(C#Cc2ccc(OC)cc2)cc1. The molecular formula is C24H26O. The molecule has 25 heavy (non-hydrogen) atoms. The predicted octanol–water partition coefficient (Wildman–Crippen LogP) is 5.81. The normalized spacial score (nSPS) is 9.52. The molecule has 0 heterocycles. The molecule has 0 radical (unpaired) electrons. The van der Waals surface area contributed by atoms with Crippen LogP contribution in [0.15, 0.2) is 48.5 Å². The zero-order chi connectivity index (χ0) is 17.7. The van der Waals surface area contributed by atoms with E-state index in [1.807, 2.05) is 48.5 Å². The van der Waals surface area contributed by atoms with Crippen molar-refractivity contribution in [2.45, 2.75) is 45.4 Å². The molecule has 0 bridgehead atoms. The maximum Gasteiger partial charge on any atom is 0.118 e. The summed E-state index contributed by atoms with van der Waals surface area (Å²) in [6.45, 7) is 2.24. The van der Waals surface area contributed by atoms with Crippen molar-refractivity contribution in [1.29, 1.82) is 0 Å². The number of unbranched alkanes of at least 4 members (excludes halogenated alkanes) is 5. The molecule has 0 saturated carbocycles. The van der Waals surface area contributed by atoms with E-state index in [1.165, 1.54) is 32.1 Å². The van der Waals surface area contributed by atoms with Crippen molar-refractivity contribution < 1.29 is 4.74 Å². The molecule has 2 aromatic rings. The zero-order valence-corrected chi connectivity index (χ0v) is 15.3. The fraction of sp³-hybridized carbons (Fsp3) is 0.333. The van der Waals surface area contributed by atoms with Crippen molar-refractivity contribution in [3.8, 4) is 29.4 Å². The van der Waals surface area contributed by atoms with Crippen LogP contribution < -0.4 is 4.74 Å². The van der Waals surface area contributed by atoms with Crippen LogP contribution in [0.4, 0.5) is 0 Å². The molecule has 0 aliphatic rings. The van der Waals surface area contributed by atoms with Crippen molar-refractivity contribution >= 4 is 0 Å². The van der Waals surface area contributed by atoms with Crippen molar-refractivity contribution in [1.82, 2.24) is 0 Å². The minimum Gasteiger partial charge on any atom is -0.497 e. The monoisotopic (exact) mass is 330 g/mol. The van der Waals surface area contributed by atoms with E-state index in [9.17, 15) is 0 Å². The average Bonchev–Trinajstić information content (AvgIpc) is 2.67. The molecule has 0 amide bonds. The van der Waals surface area contributed by atoms with Crippen molar-refractivity contribution in [3.05, 3.63) is 65.2 Å². The molecule has 0 N–H and O–H groups in total. The van der Waals surface area contributed by atoms with Crippen LogP contribution in [0.2, 0.25) is 0 Å². The summed E-state index contributed by atoms with van der Waals surface area (Å²) >= 11 is 0. The number of methoxy groups -OCH3 is 1. The van der Waals surface area contributed by atoms with Gasteiger partial charge in [-0.15, -0.1) is 0 Å². The molecule has 0 fully saturated rings. The van der Waals surface area contributed by atoms with Crippen LogP contribution in [-0.4, -0.2) is 7.11 Å². The van der Waals surface area contributed by atoms with Gasteiger partial charge in [0.15, 0.2) is 0 Å². The highest BCUT2D eigenvalue weighted by molar-refractivity contribution is 5.46. The van der Waals surface area contributed by atoms with Gasteiger partial charge in [0.2, 0.25) is 0 Å². The lowest BCUT2D eigenvalue weighted by atomic mass is 10.1. The summed E-state index contributed by atoms with van der Waals surface area (Å²) in [5.41, 5.74) is 3.04. The fourth-order valence-corrected chi connectivity index (χ4v) is 2.44. The summed E-state index contributed by atoms with van der Waals surface area (Å²) in [6.07, 6.45) is 7.45. The van der Waals surface area contributed by atoms with Gasteiger partial charge in [-0.3, -0.25) is 0 Å². The highest BCUT2D eigenvalue weighted by Crippen LogP contribution is 2.10. The highest BCUT2D eigenvalue weighted by Gasteiger charge is 1.92. The third-order valence-corrected chi connectivity index (χ3v) is 3.96. The second-order valence-electron chi connectivity index (χ2n) is 6.02. The van der Waals surface area contributed by atoms with Crippen molar-refractivity contribution in [3.63, 3.8) is 0 Å². The summed E-state index contributed by atoms with van der Waals surface area (Å²) in [5.74, 6) is 13.7. The van der Waals surface area contributed by atoms with Gasteiger partial charge in [0.25, 0.3) is 0 Å². The Kier molecular flexibility index (Phi) is 8.23. The maximum atomic E-state index is 5.15. The molecule has 0 spiro atoms. The third kappa shape index (κ3) is 7.19. The van der Waals surface area contributed by atoms with Gasteiger partial charge >= 0.3 is 0 Å². The number of ether oxygens (including phenoxy) is 1. The Bertz CT molecular complexity index is 746. The quantitative estimate of drug-likeness (QED) is 0.480. The summed E-state index contributed by atoms with van der Waals surface area (Å²) in [4.78, 5) is 0.